The van der Waals surface area contributed by atoms with Gasteiger partial charge in [0, 0.05) is 19.6 Å². The first-order valence-corrected chi connectivity index (χ1v) is 8.56. The fraction of sp³-hybridized carbons (Fsp3) is 0.250. The van der Waals surface area contributed by atoms with Crippen molar-refractivity contribution in [2.24, 2.45) is 0 Å². The topological polar surface area (TPSA) is 49.4 Å². The van der Waals surface area contributed by atoms with Crippen molar-refractivity contribution in [2.45, 2.75) is 10.9 Å². The van der Waals surface area contributed by atoms with Crippen LogP contribution in [0.1, 0.15) is 11.6 Å². The molecule has 2 aromatic carbocycles. The highest BCUT2D eigenvalue weighted by atomic mass is 32.2. The number of hydrogen-bond donors (Lipinski definition) is 1. The number of hydrogen-bond acceptors (Lipinski definition) is 3. The normalized spacial score (nSPS) is 20.0. The van der Waals surface area contributed by atoms with E-state index in [1.807, 2.05) is 0 Å². The number of rotatable bonds is 3. The summed E-state index contributed by atoms with van der Waals surface area (Å²) in [7, 11) is -3.60. The molecule has 2 aromatic rings. The van der Waals surface area contributed by atoms with Crippen molar-refractivity contribution < 1.29 is 12.8 Å². The molecular formula is C16H17FN2O2S. The van der Waals surface area contributed by atoms with Crippen LogP contribution in [0.4, 0.5) is 4.39 Å². The molecule has 1 fully saturated rings. The van der Waals surface area contributed by atoms with Crippen LogP contribution in [0.15, 0.2) is 59.5 Å². The second-order valence-electron chi connectivity index (χ2n) is 5.20. The van der Waals surface area contributed by atoms with Gasteiger partial charge in [0.1, 0.15) is 5.82 Å². The third-order valence-corrected chi connectivity index (χ3v) is 5.70. The largest absolute Gasteiger partial charge is 0.313 e. The van der Waals surface area contributed by atoms with Gasteiger partial charge in [-0.2, -0.15) is 4.31 Å². The molecule has 1 unspecified atom stereocenters. The van der Waals surface area contributed by atoms with Crippen molar-refractivity contribution in [3.05, 3.63) is 66.0 Å². The summed E-state index contributed by atoms with van der Waals surface area (Å²) in [6.45, 7) is 1.41. The molecule has 0 bridgehead atoms. The molecular weight excluding hydrogens is 303 g/mol. The number of nitrogens with zero attached hydrogens (tertiary/aromatic N) is 1. The number of benzene rings is 2. The Labute approximate surface area is 129 Å². The van der Waals surface area contributed by atoms with Gasteiger partial charge in [-0.25, -0.2) is 12.8 Å². The molecule has 1 heterocycles. The highest BCUT2D eigenvalue weighted by Gasteiger charge is 2.34. The summed E-state index contributed by atoms with van der Waals surface area (Å²) in [6, 6.07) is 14.1. The van der Waals surface area contributed by atoms with Crippen molar-refractivity contribution in [2.75, 3.05) is 19.6 Å². The van der Waals surface area contributed by atoms with Gasteiger partial charge in [-0.15, -0.1) is 0 Å². The van der Waals surface area contributed by atoms with Gasteiger partial charge in [-0.3, -0.25) is 0 Å². The molecule has 0 amide bonds. The summed E-state index contributed by atoms with van der Waals surface area (Å²) in [6.07, 6.45) is 0. The number of sulfonamides is 1. The van der Waals surface area contributed by atoms with Gasteiger partial charge >= 0.3 is 0 Å². The maximum Gasteiger partial charge on any atom is 0.243 e. The zero-order valence-corrected chi connectivity index (χ0v) is 12.8. The molecule has 1 aliphatic rings. The van der Waals surface area contributed by atoms with Gasteiger partial charge in [0.2, 0.25) is 10.0 Å². The molecule has 3 rings (SSSR count). The van der Waals surface area contributed by atoms with E-state index >= 15 is 0 Å². The highest BCUT2D eigenvalue weighted by molar-refractivity contribution is 7.89. The lowest BCUT2D eigenvalue weighted by molar-refractivity contribution is 0.271. The highest BCUT2D eigenvalue weighted by Crippen LogP contribution is 2.29. The van der Waals surface area contributed by atoms with Crippen molar-refractivity contribution in [1.29, 1.82) is 0 Å². The minimum absolute atomic E-state index is 0.262. The Hall–Kier alpha value is -1.76. The van der Waals surface area contributed by atoms with Crippen LogP contribution in [0.5, 0.6) is 0 Å². The van der Waals surface area contributed by atoms with Crippen LogP contribution in [-0.4, -0.2) is 32.4 Å². The van der Waals surface area contributed by atoms with E-state index in [0.29, 0.717) is 25.2 Å². The summed E-state index contributed by atoms with van der Waals surface area (Å²) in [5.41, 5.74) is 0.659. The lowest BCUT2D eigenvalue weighted by atomic mass is 10.1. The van der Waals surface area contributed by atoms with Crippen LogP contribution in [-0.2, 0) is 10.0 Å². The minimum atomic E-state index is -3.60. The zero-order chi connectivity index (χ0) is 15.6. The van der Waals surface area contributed by atoms with E-state index in [1.165, 1.54) is 16.4 Å². The third-order valence-electron chi connectivity index (χ3n) is 3.78. The summed E-state index contributed by atoms with van der Waals surface area (Å²) in [5.74, 6) is -0.361. The zero-order valence-electron chi connectivity index (χ0n) is 11.9. The number of nitrogens with one attached hydrogen (secondary N) is 1. The molecule has 0 spiro atoms. The maximum atomic E-state index is 13.5. The third kappa shape index (κ3) is 2.90. The fourth-order valence-corrected chi connectivity index (χ4v) is 4.33. The van der Waals surface area contributed by atoms with Crippen LogP contribution in [0.2, 0.25) is 0 Å². The average Bonchev–Trinajstić information content (AvgIpc) is 2.56. The number of piperazine rings is 1. The molecule has 0 saturated carbocycles. The first kappa shape index (κ1) is 15.1. The molecule has 1 saturated heterocycles. The van der Waals surface area contributed by atoms with E-state index in [2.05, 4.69) is 5.32 Å². The van der Waals surface area contributed by atoms with Crippen LogP contribution in [0.25, 0.3) is 0 Å². The van der Waals surface area contributed by atoms with Crippen molar-refractivity contribution in [1.82, 2.24) is 9.62 Å². The smallest absolute Gasteiger partial charge is 0.243 e. The molecule has 1 aliphatic heterocycles. The van der Waals surface area contributed by atoms with E-state index in [-0.39, 0.29) is 10.7 Å². The molecule has 1 atom stereocenters. The molecule has 1 N–H and O–H groups in total. The van der Waals surface area contributed by atoms with E-state index in [4.69, 9.17) is 0 Å². The van der Waals surface area contributed by atoms with Crippen LogP contribution >= 0.6 is 0 Å². The second-order valence-corrected chi connectivity index (χ2v) is 7.09. The number of halogens is 1. The van der Waals surface area contributed by atoms with Crippen molar-refractivity contribution in [3.63, 3.8) is 0 Å². The lowest BCUT2D eigenvalue weighted by Crippen LogP contribution is -2.48. The van der Waals surface area contributed by atoms with Gasteiger partial charge < -0.3 is 5.32 Å². The summed E-state index contributed by atoms with van der Waals surface area (Å²) >= 11 is 0. The average molecular weight is 320 g/mol. The fourth-order valence-electron chi connectivity index (χ4n) is 2.70. The van der Waals surface area contributed by atoms with Crippen molar-refractivity contribution in [3.8, 4) is 0 Å². The standard InChI is InChI=1S/C16H17FN2O2S/c17-14-6-4-5-13(11-14)16-12-18-9-10-19(16)22(20,21)15-7-2-1-3-8-15/h1-8,11,16,18H,9-10,12H2. The second kappa shape index (κ2) is 6.16. The summed E-state index contributed by atoms with van der Waals surface area (Å²) in [5, 5.41) is 3.18. The molecule has 0 aromatic heterocycles. The van der Waals surface area contributed by atoms with Gasteiger partial charge in [0.15, 0.2) is 0 Å². The SMILES string of the molecule is O=S(=O)(c1ccccc1)N1CCNCC1c1cccc(F)c1. The van der Waals surface area contributed by atoms with Crippen molar-refractivity contribution >= 4 is 10.0 Å². The van der Waals surface area contributed by atoms with Crippen LogP contribution in [0, 0.1) is 5.82 Å². The van der Waals surface area contributed by atoms with E-state index < -0.39 is 16.1 Å². The molecule has 0 radical (unpaired) electrons. The van der Waals surface area contributed by atoms with Crippen LogP contribution < -0.4 is 5.32 Å². The minimum Gasteiger partial charge on any atom is -0.313 e. The quantitative estimate of drug-likeness (QED) is 0.943. The van der Waals surface area contributed by atoms with Gasteiger partial charge in [-0.05, 0) is 29.8 Å². The maximum absolute atomic E-state index is 13.5. The monoisotopic (exact) mass is 320 g/mol. The Morgan fingerprint density at radius 3 is 2.59 bits per heavy atom. The molecule has 22 heavy (non-hydrogen) atoms. The summed E-state index contributed by atoms with van der Waals surface area (Å²) in [4.78, 5) is 0.262. The Morgan fingerprint density at radius 1 is 1.09 bits per heavy atom. The van der Waals surface area contributed by atoms with Gasteiger partial charge in [0.25, 0.3) is 0 Å². The predicted octanol–water partition coefficient (Wildman–Crippen LogP) is 2.16. The first-order valence-electron chi connectivity index (χ1n) is 7.12. The Balaban J connectivity index is 2.00. The first-order chi connectivity index (χ1) is 10.6. The van der Waals surface area contributed by atoms with Crippen LogP contribution in [0.3, 0.4) is 0 Å². The Kier molecular flexibility index (Phi) is 4.24. The summed E-state index contributed by atoms with van der Waals surface area (Å²) < 4.78 is 40.7. The Morgan fingerprint density at radius 2 is 1.86 bits per heavy atom. The molecule has 0 aliphatic carbocycles. The van der Waals surface area contributed by atoms with Gasteiger partial charge in [0.05, 0.1) is 10.9 Å². The predicted molar refractivity (Wildman–Crippen MR) is 82.3 cm³/mol. The lowest BCUT2D eigenvalue weighted by Gasteiger charge is -2.35. The molecule has 116 valence electrons. The van der Waals surface area contributed by atoms with Gasteiger partial charge in [-0.1, -0.05) is 30.3 Å². The Bertz CT molecular complexity index is 750. The van der Waals surface area contributed by atoms with E-state index in [1.54, 1.807) is 42.5 Å². The molecule has 6 heteroatoms. The van der Waals surface area contributed by atoms with E-state index in [9.17, 15) is 12.8 Å². The van der Waals surface area contributed by atoms with E-state index in [0.717, 1.165) is 0 Å². The molecule has 4 nitrogen and oxygen atoms in total.